The molecule has 0 unspecified atom stereocenters. The lowest BCUT2D eigenvalue weighted by molar-refractivity contribution is -0.0903. The number of methoxy groups -OCH3 is 1. The summed E-state index contributed by atoms with van der Waals surface area (Å²) in [5, 5.41) is 21.3. The van der Waals surface area contributed by atoms with Gasteiger partial charge in [0.25, 0.3) is 0 Å². The number of ether oxygens (including phenoxy) is 1. The van der Waals surface area contributed by atoms with Crippen molar-refractivity contribution < 1.29 is 14.9 Å². The van der Waals surface area contributed by atoms with Crippen LogP contribution in [0.5, 0.6) is 5.75 Å². The minimum Gasteiger partial charge on any atom is -0.497 e. The Morgan fingerprint density at radius 1 is 1.22 bits per heavy atom. The zero-order chi connectivity index (χ0) is 16.4. The third-order valence-corrected chi connectivity index (χ3v) is 7.22. The summed E-state index contributed by atoms with van der Waals surface area (Å²) in [5.41, 5.74) is 1.84. The molecule has 0 spiro atoms. The average molecular weight is 316 g/mol. The lowest BCUT2D eigenvalue weighted by Crippen LogP contribution is -2.46. The number of rotatable bonds is 1. The molecule has 3 aliphatic carbocycles. The fourth-order valence-corrected chi connectivity index (χ4v) is 6.02. The van der Waals surface area contributed by atoms with Gasteiger partial charge in [0.2, 0.25) is 0 Å². The first kappa shape index (κ1) is 15.5. The highest BCUT2D eigenvalue weighted by Gasteiger charge is 2.61. The Labute approximate surface area is 138 Å². The van der Waals surface area contributed by atoms with Gasteiger partial charge >= 0.3 is 0 Å². The van der Waals surface area contributed by atoms with Gasteiger partial charge in [0.05, 0.1) is 18.8 Å². The predicted molar refractivity (Wildman–Crippen MR) is 89.6 cm³/mol. The largest absolute Gasteiger partial charge is 0.497 e. The smallest absolute Gasteiger partial charge is 0.119 e. The van der Waals surface area contributed by atoms with Gasteiger partial charge in [0.1, 0.15) is 5.75 Å². The third-order valence-electron chi connectivity index (χ3n) is 7.22. The molecule has 1 aromatic rings. The fourth-order valence-electron chi connectivity index (χ4n) is 6.02. The number of aliphatic hydroxyl groups excluding tert-OH is 1. The normalized spacial score (nSPS) is 45.1. The molecule has 0 heterocycles. The van der Waals surface area contributed by atoms with Crippen LogP contribution in [0.1, 0.15) is 56.6 Å². The highest BCUT2D eigenvalue weighted by atomic mass is 16.5. The molecule has 0 saturated heterocycles. The van der Waals surface area contributed by atoms with E-state index >= 15 is 0 Å². The maximum atomic E-state index is 10.7. The van der Waals surface area contributed by atoms with Crippen LogP contribution in [-0.2, 0) is 6.42 Å². The van der Waals surface area contributed by atoms with Crippen molar-refractivity contribution >= 4 is 0 Å². The van der Waals surface area contributed by atoms with E-state index in [0.717, 1.165) is 37.9 Å². The molecule has 0 aromatic heterocycles. The van der Waals surface area contributed by atoms with Gasteiger partial charge in [-0.3, -0.25) is 0 Å². The van der Waals surface area contributed by atoms with E-state index in [-0.39, 0.29) is 5.41 Å². The average Bonchev–Trinajstić information content (AvgIpc) is 2.73. The number of benzene rings is 1. The van der Waals surface area contributed by atoms with Crippen LogP contribution in [0.15, 0.2) is 18.2 Å². The summed E-state index contributed by atoms with van der Waals surface area (Å²) in [6.07, 6.45) is 4.49. The molecular weight excluding hydrogens is 288 g/mol. The van der Waals surface area contributed by atoms with Gasteiger partial charge in [-0.25, -0.2) is 0 Å². The highest BCUT2D eigenvalue weighted by Crippen LogP contribution is 2.63. The van der Waals surface area contributed by atoms with E-state index in [9.17, 15) is 10.2 Å². The van der Waals surface area contributed by atoms with E-state index in [1.54, 1.807) is 7.11 Å². The predicted octanol–water partition coefficient (Wildman–Crippen LogP) is 3.27. The zero-order valence-corrected chi connectivity index (χ0v) is 14.4. The molecule has 0 radical (unpaired) electrons. The van der Waals surface area contributed by atoms with Crippen molar-refractivity contribution in [1.82, 2.24) is 0 Å². The summed E-state index contributed by atoms with van der Waals surface area (Å²) < 4.78 is 5.38. The number of aliphatic hydroxyl groups is 2. The van der Waals surface area contributed by atoms with E-state index in [1.165, 1.54) is 11.1 Å². The Morgan fingerprint density at radius 3 is 2.74 bits per heavy atom. The van der Waals surface area contributed by atoms with Crippen LogP contribution in [0.3, 0.4) is 0 Å². The number of hydrogen-bond acceptors (Lipinski definition) is 3. The van der Waals surface area contributed by atoms with Crippen molar-refractivity contribution in [1.29, 1.82) is 0 Å². The first-order valence-corrected chi connectivity index (χ1v) is 8.94. The summed E-state index contributed by atoms with van der Waals surface area (Å²) in [7, 11) is 1.72. The van der Waals surface area contributed by atoms with Gasteiger partial charge in [-0.05, 0) is 85.5 Å². The second kappa shape index (κ2) is 4.97. The SMILES string of the molecule is COc1ccc2c(c1)CC[C@H]1[C@@H]2CC[C@@]2(C)[C@@H](O)[C@](C)(O)C[C@@H]12. The molecule has 0 amide bonds. The Hall–Kier alpha value is -1.06. The van der Waals surface area contributed by atoms with Gasteiger partial charge in [-0.1, -0.05) is 13.0 Å². The first-order valence-electron chi connectivity index (χ1n) is 8.94. The standard InChI is InChI=1S/C20H28O3/c1-19-9-8-15-14-7-5-13(23-3)10-12(14)4-6-16(15)17(19)11-20(2,22)18(19)21/h5,7,10,15-18,21-22H,4,6,8-9,11H2,1-3H3/t15-,16+,17+,18-,19-,20-/m1/s1. The molecule has 6 atom stereocenters. The van der Waals surface area contributed by atoms with Crippen LogP contribution in [0.4, 0.5) is 0 Å². The molecule has 2 saturated carbocycles. The summed E-state index contributed by atoms with van der Waals surface area (Å²) >= 11 is 0. The van der Waals surface area contributed by atoms with Gasteiger partial charge in [-0.15, -0.1) is 0 Å². The van der Waals surface area contributed by atoms with Crippen LogP contribution in [0.25, 0.3) is 0 Å². The van der Waals surface area contributed by atoms with Crippen molar-refractivity contribution in [2.24, 2.45) is 17.3 Å². The minimum atomic E-state index is -0.936. The monoisotopic (exact) mass is 316 g/mol. The van der Waals surface area contributed by atoms with Gasteiger partial charge in [0.15, 0.2) is 0 Å². The molecule has 2 N–H and O–H groups in total. The lowest BCUT2D eigenvalue weighted by atomic mass is 9.55. The second-order valence-electron chi connectivity index (χ2n) is 8.49. The van der Waals surface area contributed by atoms with Crippen LogP contribution >= 0.6 is 0 Å². The van der Waals surface area contributed by atoms with Crippen molar-refractivity contribution in [2.45, 2.75) is 63.6 Å². The molecule has 23 heavy (non-hydrogen) atoms. The van der Waals surface area contributed by atoms with E-state index in [1.807, 2.05) is 6.92 Å². The summed E-state index contributed by atoms with van der Waals surface area (Å²) in [5.74, 6) is 2.52. The molecule has 3 aliphatic rings. The van der Waals surface area contributed by atoms with Crippen LogP contribution in [0.2, 0.25) is 0 Å². The molecule has 126 valence electrons. The molecular formula is C20H28O3. The molecule has 3 heteroatoms. The summed E-state index contributed by atoms with van der Waals surface area (Å²) in [4.78, 5) is 0. The van der Waals surface area contributed by atoms with Crippen LogP contribution in [-0.4, -0.2) is 29.0 Å². The van der Waals surface area contributed by atoms with Gasteiger partial charge < -0.3 is 14.9 Å². The summed E-state index contributed by atoms with van der Waals surface area (Å²) in [6, 6.07) is 6.52. The lowest BCUT2D eigenvalue weighted by Gasteiger charge is -2.50. The van der Waals surface area contributed by atoms with Crippen molar-refractivity contribution in [2.75, 3.05) is 7.11 Å². The first-order chi connectivity index (χ1) is 10.9. The van der Waals surface area contributed by atoms with Crippen molar-refractivity contribution in [3.8, 4) is 5.75 Å². The number of fused-ring (bicyclic) bond motifs is 5. The Bertz CT molecular complexity index is 623. The van der Waals surface area contributed by atoms with Crippen LogP contribution in [0, 0.1) is 17.3 Å². The molecule has 0 bridgehead atoms. The topological polar surface area (TPSA) is 49.7 Å². The Morgan fingerprint density at radius 2 is 2.00 bits per heavy atom. The van der Waals surface area contributed by atoms with Crippen LogP contribution < -0.4 is 4.74 Å². The van der Waals surface area contributed by atoms with E-state index in [4.69, 9.17) is 4.74 Å². The molecule has 0 aliphatic heterocycles. The molecule has 4 rings (SSSR count). The maximum absolute atomic E-state index is 10.7. The fraction of sp³-hybridized carbons (Fsp3) is 0.700. The van der Waals surface area contributed by atoms with Crippen molar-refractivity contribution in [3.63, 3.8) is 0 Å². The molecule has 2 fully saturated rings. The number of aryl methyl sites for hydroxylation is 1. The minimum absolute atomic E-state index is 0.130. The van der Waals surface area contributed by atoms with E-state index in [2.05, 4.69) is 25.1 Å². The Balaban J connectivity index is 1.70. The Kier molecular flexibility index (Phi) is 3.34. The van der Waals surface area contributed by atoms with Gasteiger partial charge in [0, 0.05) is 0 Å². The number of hydrogen-bond donors (Lipinski definition) is 2. The van der Waals surface area contributed by atoms with Gasteiger partial charge in [-0.2, -0.15) is 0 Å². The molecule has 3 nitrogen and oxygen atoms in total. The third kappa shape index (κ3) is 2.09. The molecule has 1 aromatic carbocycles. The quantitative estimate of drug-likeness (QED) is 0.836. The zero-order valence-electron chi connectivity index (χ0n) is 14.4. The van der Waals surface area contributed by atoms with E-state index in [0.29, 0.717) is 17.8 Å². The summed E-state index contributed by atoms with van der Waals surface area (Å²) in [6.45, 7) is 4.02. The van der Waals surface area contributed by atoms with E-state index < -0.39 is 11.7 Å². The van der Waals surface area contributed by atoms with Crippen molar-refractivity contribution in [3.05, 3.63) is 29.3 Å². The maximum Gasteiger partial charge on any atom is 0.119 e. The highest BCUT2D eigenvalue weighted by molar-refractivity contribution is 5.40. The second-order valence-corrected chi connectivity index (χ2v) is 8.49.